The smallest absolute Gasteiger partial charge is 0.0755 e. The number of nitrogens with zero attached hydrogens (tertiary/aromatic N) is 1. The van der Waals surface area contributed by atoms with E-state index in [0.717, 1.165) is 20.9 Å². The molecular formula is C9H7BrN2O. The molecule has 13 heavy (non-hydrogen) atoms. The third kappa shape index (κ3) is 1.45. The number of hydrogen-bond donors (Lipinski definition) is 2. The molecule has 2 aromatic rings. The molecule has 1 aromatic heterocycles. The summed E-state index contributed by atoms with van der Waals surface area (Å²) < 4.78 is 1.01. The van der Waals surface area contributed by atoms with E-state index in [1.165, 1.54) is 6.21 Å². The van der Waals surface area contributed by atoms with E-state index in [1.807, 2.05) is 18.2 Å². The summed E-state index contributed by atoms with van der Waals surface area (Å²) in [5, 5.41) is 12.4. The topological polar surface area (TPSA) is 48.4 Å². The highest BCUT2D eigenvalue weighted by molar-refractivity contribution is 9.10. The minimum Gasteiger partial charge on any atom is -0.411 e. The zero-order valence-corrected chi connectivity index (χ0v) is 8.25. The van der Waals surface area contributed by atoms with Crippen molar-refractivity contribution >= 4 is 33.0 Å². The van der Waals surface area contributed by atoms with Crippen LogP contribution < -0.4 is 0 Å². The van der Waals surface area contributed by atoms with Gasteiger partial charge < -0.3 is 10.2 Å². The molecule has 2 N–H and O–H groups in total. The lowest BCUT2D eigenvalue weighted by Gasteiger charge is -1.92. The Hall–Kier alpha value is -1.29. The van der Waals surface area contributed by atoms with Crippen LogP contribution in [0.3, 0.4) is 0 Å². The Balaban J connectivity index is 2.71. The molecule has 2 rings (SSSR count). The molecule has 4 heteroatoms. The molecule has 0 aliphatic heterocycles. The fourth-order valence-corrected chi connectivity index (χ4v) is 1.64. The average molecular weight is 239 g/mol. The molecule has 0 bridgehead atoms. The second-order valence-corrected chi connectivity index (χ2v) is 3.59. The van der Waals surface area contributed by atoms with Crippen LogP contribution >= 0.6 is 15.9 Å². The van der Waals surface area contributed by atoms with Gasteiger partial charge in [0.15, 0.2) is 0 Å². The van der Waals surface area contributed by atoms with Crippen LogP contribution in [0.15, 0.2) is 34.0 Å². The van der Waals surface area contributed by atoms with Crippen molar-refractivity contribution in [3.05, 3.63) is 34.4 Å². The van der Waals surface area contributed by atoms with E-state index in [9.17, 15) is 0 Å². The third-order valence-corrected chi connectivity index (χ3v) is 2.37. The Morgan fingerprint density at radius 3 is 3.08 bits per heavy atom. The first-order valence-electron chi connectivity index (χ1n) is 3.75. The monoisotopic (exact) mass is 238 g/mol. The quantitative estimate of drug-likeness (QED) is 0.448. The van der Waals surface area contributed by atoms with Crippen LogP contribution in [0.4, 0.5) is 0 Å². The van der Waals surface area contributed by atoms with Gasteiger partial charge in [0.25, 0.3) is 0 Å². The molecule has 3 nitrogen and oxygen atoms in total. The van der Waals surface area contributed by atoms with E-state index in [-0.39, 0.29) is 0 Å². The minimum atomic E-state index is 0.874. The van der Waals surface area contributed by atoms with E-state index in [1.54, 1.807) is 6.20 Å². The van der Waals surface area contributed by atoms with Gasteiger partial charge in [0.1, 0.15) is 0 Å². The highest BCUT2D eigenvalue weighted by Gasteiger charge is 2.01. The van der Waals surface area contributed by atoms with Gasteiger partial charge in [0, 0.05) is 27.1 Å². The second-order valence-electron chi connectivity index (χ2n) is 2.68. The van der Waals surface area contributed by atoms with Crippen LogP contribution in [0.2, 0.25) is 0 Å². The maximum atomic E-state index is 8.41. The van der Waals surface area contributed by atoms with Gasteiger partial charge >= 0.3 is 0 Å². The number of benzene rings is 1. The summed E-state index contributed by atoms with van der Waals surface area (Å²) in [6.45, 7) is 0. The molecule has 0 aliphatic carbocycles. The van der Waals surface area contributed by atoms with Gasteiger partial charge in [-0.05, 0) is 18.2 Å². The number of nitrogens with one attached hydrogen (secondary N) is 1. The first-order valence-corrected chi connectivity index (χ1v) is 4.54. The third-order valence-electron chi connectivity index (χ3n) is 1.87. The lowest BCUT2D eigenvalue weighted by Crippen LogP contribution is -1.76. The van der Waals surface area contributed by atoms with Gasteiger partial charge in [0.05, 0.1) is 6.21 Å². The van der Waals surface area contributed by atoms with Crippen molar-refractivity contribution < 1.29 is 5.21 Å². The molecule has 0 spiro atoms. The van der Waals surface area contributed by atoms with Crippen molar-refractivity contribution in [2.45, 2.75) is 0 Å². The molecule has 0 saturated carbocycles. The molecule has 0 saturated heterocycles. The van der Waals surface area contributed by atoms with Gasteiger partial charge in [-0.15, -0.1) is 0 Å². The predicted molar refractivity (Wildman–Crippen MR) is 55.4 cm³/mol. The van der Waals surface area contributed by atoms with Gasteiger partial charge in [-0.3, -0.25) is 0 Å². The van der Waals surface area contributed by atoms with Crippen molar-refractivity contribution in [1.82, 2.24) is 4.98 Å². The van der Waals surface area contributed by atoms with Crippen LogP contribution in [0, 0.1) is 0 Å². The van der Waals surface area contributed by atoms with Crippen molar-refractivity contribution in [2.24, 2.45) is 5.16 Å². The highest BCUT2D eigenvalue weighted by atomic mass is 79.9. The van der Waals surface area contributed by atoms with Gasteiger partial charge in [0.2, 0.25) is 0 Å². The van der Waals surface area contributed by atoms with Crippen LogP contribution in [0.1, 0.15) is 5.56 Å². The van der Waals surface area contributed by atoms with Crippen molar-refractivity contribution in [3.63, 3.8) is 0 Å². The molecule has 1 aromatic carbocycles. The lowest BCUT2D eigenvalue weighted by atomic mass is 10.2. The van der Waals surface area contributed by atoms with Crippen LogP contribution in [-0.2, 0) is 0 Å². The van der Waals surface area contributed by atoms with Gasteiger partial charge in [-0.25, -0.2) is 0 Å². The fraction of sp³-hybridized carbons (Fsp3) is 0. The maximum absolute atomic E-state index is 8.41. The van der Waals surface area contributed by atoms with E-state index in [0.29, 0.717) is 0 Å². The van der Waals surface area contributed by atoms with Gasteiger partial charge in [-0.1, -0.05) is 21.1 Å². The van der Waals surface area contributed by atoms with Crippen LogP contribution in [0.25, 0.3) is 10.9 Å². The van der Waals surface area contributed by atoms with Gasteiger partial charge in [-0.2, -0.15) is 0 Å². The Kier molecular flexibility index (Phi) is 2.06. The van der Waals surface area contributed by atoms with Crippen molar-refractivity contribution in [2.75, 3.05) is 0 Å². The highest BCUT2D eigenvalue weighted by Crippen LogP contribution is 2.21. The lowest BCUT2D eigenvalue weighted by molar-refractivity contribution is 0.322. The zero-order valence-electron chi connectivity index (χ0n) is 6.66. The largest absolute Gasteiger partial charge is 0.411 e. The summed E-state index contributed by atoms with van der Waals surface area (Å²) in [5.41, 5.74) is 1.90. The summed E-state index contributed by atoms with van der Waals surface area (Å²) in [5.74, 6) is 0. The van der Waals surface area contributed by atoms with Crippen LogP contribution in [-0.4, -0.2) is 16.4 Å². The van der Waals surface area contributed by atoms with E-state index < -0.39 is 0 Å². The Morgan fingerprint density at radius 2 is 2.31 bits per heavy atom. The molecule has 0 radical (unpaired) electrons. The van der Waals surface area contributed by atoms with Crippen molar-refractivity contribution in [1.29, 1.82) is 0 Å². The number of aromatic nitrogens is 1. The minimum absolute atomic E-state index is 0.874. The summed E-state index contributed by atoms with van der Waals surface area (Å²) >= 11 is 3.38. The Bertz CT molecular complexity index is 462. The first kappa shape index (κ1) is 8.31. The summed E-state index contributed by atoms with van der Waals surface area (Å²) in [6.07, 6.45) is 3.21. The predicted octanol–water partition coefficient (Wildman–Crippen LogP) is 2.74. The first-order chi connectivity index (χ1) is 6.31. The maximum Gasteiger partial charge on any atom is 0.0755 e. The SMILES string of the molecule is O/N=C/c1c[nH]c2ccc(Br)cc12. The molecular weight excluding hydrogens is 232 g/mol. The average Bonchev–Trinajstić information content (AvgIpc) is 2.49. The molecule has 0 fully saturated rings. The van der Waals surface area contributed by atoms with E-state index >= 15 is 0 Å². The number of rotatable bonds is 1. The number of aromatic amines is 1. The number of H-pyrrole nitrogens is 1. The fourth-order valence-electron chi connectivity index (χ4n) is 1.28. The van der Waals surface area contributed by atoms with E-state index in [2.05, 4.69) is 26.1 Å². The molecule has 0 unspecified atom stereocenters. The Morgan fingerprint density at radius 1 is 1.46 bits per heavy atom. The Labute approximate surface area is 83.2 Å². The normalized spacial score (nSPS) is 11.5. The summed E-state index contributed by atoms with van der Waals surface area (Å²) in [6, 6.07) is 5.90. The standard InChI is InChI=1S/C9H7BrN2O/c10-7-1-2-9-8(3-7)6(4-11-9)5-12-13/h1-5,11,13H/b12-5+. The van der Waals surface area contributed by atoms with E-state index in [4.69, 9.17) is 5.21 Å². The molecule has 66 valence electrons. The molecule has 0 atom stereocenters. The number of oxime groups is 1. The number of halogens is 1. The summed E-state index contributed by atoms with van der Waals surface area (Å²) in [7, 11) is 0. The zero-order chi connectivity index (χ0) is 9.26. The number of fused-ring (bicyclic) bond motifs is 1. The van der Waals surface area contributed by atoms with Crippen molar-refractivity contribution in [3.8, 4) is 0 Å². The molecule has 0 aliphatic rings. The second kappa shape index (κ2) is 3.22. The molecule has 1 heterocycles. The number of hydrogen-bond acceptors (Lipinski definition) is 2. The summed E-state index contributed by atoms with van der Waals surface area (Å²) in [4.78, 5) is 3.08. The molecule has 0 amide bonds. The van der Waals surface area contributed by atoms with Crippen LogP contribution in [0.5, 0.6) is 0 Å².